The van der Waals surface area contributed by atoms with E-state index in [1.165, 1.54) is 10.7 Å². The van der Waals surface area contributed by atoms with Crippen LogP contribution in [-0.2, 0) is 11.3 Å². The number of anilines is 1. The first-order valence-electron chi connectivity index (χ1n) is 7.83. The van der Waals surface area contributed by atoms with Gasteiger partial charge in [0.2, 0.25) is 5.91 Å². The van der Waals surface area contributed by atoms with Crippen molar-refractivity contribution in [1.82, 2.24) is 19.6 Å². The van der Waals surface area contributed by atoms with Gasteiger partial charge in [-0.15, -0.1) is 0 Å². The summed E-state index contributed by atoms with van der Waals surface area (Å²) < 4.78 is 17.6. The van der Waals surface area contributed by atoms with Crippen LogP contribution in [0.5, 0.6) is 0 Å². The number of nitrogens with one attached hydrogen (secondary N) is 1. The van der Waals surface area contributed by atoms with Gasteiger partial charge in [0.1, 0.15) is 16.9 Å². The zero-order chi connectivity index (χ0) is 18.8. The molecule has 0 radical (unpaired) electrons. The van der Waals surface area contributed by atoms with Gasteiger partial charge in [0.25, 0.3) is 0 Å². The molecule has 0 aliphatic heterocycles. The minimum absolute atomic E-state index is 0.211. The summed E-state index contributed by atoms with van der Waals surface area (Å²) in [7, 11) is 0. The Morgan fingerprint density at radius 2 is 2.08 bits per heavy atom. The van der Waals surface area contributed by atoms with Crippen LogP contribution < -0.4 is 5.32 Å². The van der Waals surface area contributed by atoms with Gasteiger partial charge in [-0.05, 0) is 35.8 Å². The van der Waals surface area contributed by atoms with Crippen molar-refractivity contribution in [3.8, 4) is 0 Å². The van der Waals surface area contributed by atoms with E-state index in [9.17, 15) is 9.18 Å². The normalized spacial score (nSPS) is 12.2. The molecule has 0 fully saturated rings. The lowest BCUT2D eigenvalue weighted by Crippen LogP contribution is -2.24. The fourth-order valence-corrected chi connectivity index (χ4v) is 2.85. The smallest absolute Gasteiger partial charge is 0.250 e. The largest absolute Gasteiger partial charge is 0.306 e. The molecule has 136 valence electrons. The van der Waals surface area contributed by atoms with Crippen LogP contribution in [0.1, 0.15) is 24.2 Å². The molecule has 2 aromatic heterocycles. The second kappa shape index (κ2) is 7.59. The molecule has 3 aromatic rings. The number of hydrogen-bond acceptors (Lipinski definition) is 3. The maximum Gasteiger partial charge on any atom is 0.250 e. The molecule has 0 saturated carbocycles. The number of carbonyl (C=O) groups is 1. The lowest BCUT2D eigenvalue weighted by molar-refractivity contribution is -0.119. The van der Waals surface area contributed by atoms with Crippen LogP contribution in [0, 0.1) is 12.7 Å². The maximum atomic E-state index is 13.8. The van der Waals surface area contributed by atoms with E-state index in [1.807, 2.05) is 6.92 Å². The van der Waals surface area contributed by atoms with Crippen LogP contribution in [0.4, 0.5) is 10.2 Å². The molecule has 1 aromatic carbocycles. The molecular formula is C17H16BrClFN5O. The summed E-state index contributed by atoms with van der Waals surface area (Å²) in [5, 5.41) is 11.5. The van der Waals surface area contributed by atoms with E-state index in [0.717, 1.165) is 10.2 Å². The molecule has 3 rings (SSSR count). The summed E-state index contributed by atoms with van der Waals surface area (Å²) >= 11 is 9.52. The van der Waals surface area contributed by atoms with Gasteiger partial charge in [0.05, 0.1) is 16.7 Å². The van der Waals surface area contributed by atoms with Gasteiger partial charge in [-0.3, -0.25) is 14.2 Å². The second-order valence-electron chi connectivity index (χ2n) is 5.82. The molecule has 0 spiro atoms. The molecular weight excluding hydrogens is 425 g/mol. The standard InChI is InChI=1S/C17H16BrClFN5O/c1-10-13(18)8-25(22-10)11(2)17(26)21-16-14(19)9-24(23-16)7-12-5-3-4-6-15(12)20/h3-6,8-9,11H,7H2,1-2H3,(H,21,23,26). The number of benzene rings is 1. The molecule has 0 aliphatic rings. The van der Waals surface area contributed by atoms with Crippen LogP contribution in [-0.4, -0.2) is 25.5 Å². The Bertz CT molecular complexity index is 935. The van der Waals surface area contributed by atoms with Crippen molar-refractivity contribution in [2.75, 3.05) is 5.32 Å². The van der Waals surface area contributed by atoms with Crippen molar-refractivity contribution in [3.63, 3.8) is 0 Å². The average molecular weight is 441 g/mol. The van der Waals surface area contributed by atoms with Gasteiger partial charge >= 0.3 is 0 Å². The summed E-state index contributed by atoms with van der Waals surface area (Å²) in [5.41, 5.74) is 1.27. The van der Waals surface area contributed by atoms with Crippen LogP contribution in [0.3, 0.4) is 0 Å². The minimum Gasteiger partial charge on any atom is -0.306 e. The van der Waals surface area contributed by atoms with E-state index in [1.54, 1.807) is 42.2 Å². The summed E-state index contributed by atoms with van der Waals surface area (Å²) in [5.74, 6) is -0.404. The topological polar surface area (TPSA) is 64.7 Å². The SMILES string of the molecule is Cc1nn(C(C)C(=O)Nc2nn(Cc3ccccc3F)cc2Cl)cc1Br. The molecule has 1 N–H and O–H groups in total. The molecule has 26 heavy (non-hydrogen) atoms. The van der Waals surface area contributed by atoms with Gasteiger partial charge in [-0.2, -0.15) is 10.2 Å². The third-order valence-corrected chi connectivity index (χ3v) is 4.94. The molecule has 1 unspecified atom stereocenters. The summed E-state index contributed by atoms with van der Waals surface area (Å²) in [6.45, 7) is 3.77. The molecule has 9 heteroatoms. The van der Waals surface area contributed by atoms with Gasteiger partial charge in [0, 0.05) is 18.0 Å². The van der Waals surface area contributed by atoms with Gasteiger partial charge < -0.3 is 5.32 Å². The Hall–Kier alpha value is -2.19. The van der Waals surface area contributed by atoms with E-state index < -0.39 is 6.04 Å². The molecule has 1 amide bonds. The summed E-state index contributed by atoms with van der Waals surface area (Å²) in [6.07, 6.45) is 3.28. The highest BCUT2D eigenvalue weighted by molar-refractivity contribution is 9.10. The van der Waals surface area contributed by atoms with E-state index >= 15 is 0 Å². The lowest BCUT2D eigenvalue weighted by atomic mass is 10.2. The highest BCUT2D eigenvalue weighted by Crippen LogP contribution is 2.22. The average Bonchev–Trinajstić information content (AvgIpc) is 3.11. The van der Waals surface area contributed by atoms with Crippen molar-refractivity contribution in [1.29, 1.82) is 0 Å². The Balaban J connectivity index is 1.73. The molecule has 1 atom stereocenters. The van der Waals surface area contributed by atoms with Crippen molar-refractivity contribution in [3.05, 3.63) is 63.2 Å². The van der Waals surface area contributed by atoms with Crippen molar-refractivity contribution >= 4 is 39.3 Å². The minimum atomic E-state index is -0.548. The van der Waals surface area contributed by atoms with E-state index in [4.69, 9.17) is 11.6 Å². The van der Waals surface area contributed by atoms with E-state index in [-0.39, 0.29) is 29.1 Å². The van der Waals surface area contributed by atoms with Crippen molar-refractivity contribution in [2.24, 2.45) is 0 Å². The first kappa shape index (κ1) is 18.6. The molecule has 6 nitrogen and oxygen atoms in total. The number of carbonyl (C=O) groups excluding carboxylic acids is 1. The van der Waals surface area contributed by atoms with Crippen molar-refractivity contribution in [2.45, 2.75) is 26.4 Å². The molecule has 2 heterocycles. The predicted molar refractivity (Wildman–Crippen MR) is 101 cm³/mol. The predicted octanol–water partition coefficient (Wildman–Crippen LogP) is 4.19. The zero-order valence-electron chi connectivity index (χ0n) is 14.1. The third-order valence-electron chi connectivity index (χ3n) is 3.88. The number of amides is 1. The zero-order valence-corrected chi connectivity index (χ0v) is 16.4. The lowest BCUT2D eigenvalue weighted by Gasteiger charge is -2.11. The van der Waals surface area contributed by atoms with Crippen LogP contribution in [0.25, 0.3) is 0 Å². The quantitative estimate of drug-likeness (QED) is 0.647. The van der Waals surface area contributed by atoms with Crippen molar-refractivity contribution < 1.29 is 9.18 Å². The van der Waals surface area contributed by atoms with Gasteiger partial charge in [-0.1, -0.05) is 29.8 Å². The number of rotatable bonds is 5. The van der Waals surface area contributed by atoms with E-state index in [0.29, 0.717) is 5.56 Å². The fraction of sp³-hybridized carbons (Fsp3) is 0.235. The molecule has 0 saturated heterocycles. The molecule has 0 bridgehead atoms. The first-order valence-corrected chi connectivity index (χ1v) is 9.00. The van der Waals surface area contributed by atoms with Crippen LogP contribution >= 0.6 is 27.5 Å². The highest BCUT2D eigenvalue weighted by Gasteiger charge is 2.20. The highest BCUT2D eigenvalue weighted by atomic mass is 79.9. The molecule has 0 aliphatic carbocycles. The summed E-state index contributed by atoms with van der Waals surface area (Å²) in [4.78, 5) is 12.5. The third kappa shape index (κ3) is 3.96. The monoisotopic (exact) mass is 439 g/mol. The van der Waals surface area contributed by atoms with Crippen LogP contribution in [0.2, 0.25) is 5.02 Å². The number of halogens is 3. The Kier molecular flexibility index (Phi) is 5.43. The first-order chi connectivity index (χ1) is 12.3. The maximum absolute atomic E-state index is 13.8. The number of hydrogen-bond donors (Lipinski definition) is 1. The van der Waals surface area contributed by atoms with E-state index in [2.05, 4.69) is 31.4 Å². The Morgan fingerprint density at radius 1 is 1.35 bits per heavy atom. The second-order valence-corrected chi connectivity index (χ2v) is 7.08. The van der Waals surface area contributed by atoms with Crippen LogP contribution in [0.15, 0.2) is 41.1 Å². The number of aromatic nitrogens is 4. The number of nitrogens with zero attached hydrogens (tertiary/aromatic N) is 4. The number of aryl methyl sites for hydroxylation is 1. The Labute approximate surface area is 163 Å². The van der Waals surface area contributed by atoms with Gasteiger partial charge in [-0.25, -0.2) is 4.39 Å². The fourth-order valence-electron chi connectivity index (χ4n) is 2.36. The van der Waals surface area contributed by atoms with Gasteiger partial charge in [0.15, 0.2) is 5.82 Å². The Morgan fingerprint density at radius 3 is 2.73 bits per heavy atom. The summed E-state index contributed by atoms with van der Waals surface area (Å²) in [6, 6.07) is 5.88.